The predicted octanol–water partition coefficient (Wildman–Crippen LogP) is 4.36. The molecule has 2 rings (SSSR count). The topological polar surface area (TPSA) is 21.3 Å². The summed E-state index contributed by atoms with van der Waals surface area (Å²) in [6.45, 7) is 2.85. The number of benzene rings is 1. The van der Waals surface area contributed by atoms with Gasteiger partial charge in [-0.1, -0.05) is 13.0 Å². The first-order chi connectivity index (χ1) is 9.15. The quantitative estimate of drug-likeness (QED) is 0.870. The Bertz CT molecular complexity index is 558. The molecule has 1 aromatic carbocycles. The van der Waals surface area contributed by atoms with Crippen molar-refractivity contribution in [3.05, 3.63) is 50.4 Å². The molecule has 2 aromatic rings. The molecule has 19 heavy (non-hydrogen) atoms. The molecule has 1 N–H and O–H groups in total. The highest BCUT2D eigenvalue weighted by Crippen LogP contribution is 2.31. The lowest BCUT2D eigenvalue weighted by Gasteiger charge is -2.17. The Morgan fingerprint density at radius 1 is 1.42 bits per heavy atom. The van der Waals surface area contributed by atoms with Crippen LogP contribution < -0.4 is 10.1 Å². The molecule has 0 radical (unpaired) electrons. The SMILES string of the molecule is CCNC(c1ccc(OC)c(F)c1)c1cc(Br)cs1. The van der Waals surface area contributed by atoms with Gasteiger partial charge in [0.25, 0.3) is 0 Å². The van der Waals surface area contributed by atoms with E-state index >= 15 is 0 Å². The fraction of sp³-hybridized carbons (Fsp3) is 0.286. The summed E-state index contributed by atoms with van der Waals surface area (Å²) in [5, 5.41) is 5.40. The van der Waals surface area contributed by atoms with Gasteiger partial charge in [0.15, 0.2) is 11.6 Å². The number of methoxy groups -OCH3 is 1. The number of hydrogen-bond acceptors (Lipinski definition) is 3. The van der Waals surface area contributed by atoms with E-state index in [9.17, 15) is 4.39 Å². The third kappa shape index (κ3) is 3.35. The molecule has 0 aliphatic rings. The zero-order chi connectivity index (χ0) is 13.8. The lowest BCUT2D eigenvalue weighted by atomic mass is 10.0. The molecule has 0 aliphatic carbocycles. The first kappa shape index (κ1) is 14.5. The lowest BCUT2D eigenvalue weighted by molar-refractivity contribution is 0.386. The second-order valence-corrected chi connectivity index (χ2v) is 5.91. The van der Waals surface area contributed by atoms with Crippen molar-refractivity contribution < 1.29 is 9.13 Å². The van der Waals surface area contributed by atoms with Crippen molar-refractivity contribution in [3.63, 3.8) is 0 Å². The summed E-state index contributed by atoms with van der Waals surface area (Å²) in [6.07, 6.45) is 0. The number of rotatable bonds is 5. The van der Waals surface area contributed by atoms with E-state index in [1.165, 1.54) is 13.2 Å². The van der Waals surface area contributed by atoms with E-state index in [0.717, 1.165) is 21.5 Å². The van der Waals surface area contributed by atoms with Gasteiger partial charge in [-0.05, 0) is 46.2 Å². The Hall–Kier alpha value is -0.910. The largest absolute Gasteiger partial charge is 0.494 e. The van der Waals surface area contributed by atoms with Gasteiger partial charge in [-0.25, -0.2) is 4.39 Å². The van der Waals surface area contributed by atoms with E-state index in [1.807, 2.05) is 18.4 Å². The molecule has 0 saturated heterocycles. The monoisotopic (exact) mass is 343 g/mol. The van der Waals surface area contributed by atoms with E-state index in [0.29, 0.717) is 0 Å². The van der Waals surface area contributed by atoms with E-state index in [2.05, 4.69) is 27.3 Å². The molecule has 0 bridgehead atoms. The van der Waals surface area contributed by atoms with Gasteiger partial charge in [0, 0.05) is 14.7 Å². The van der Waals surface area contributed by atoms with Crippen LogP contribution in [0.4, 0.5) is 4.39 Å². The number of ether oxygens (including phenoxy) is 1. The van der Waals surface area contributed by atoms with Crippen LogP contribution in [0, 0.1) is 5.82 Å². The molecule has 0 spiro atoms. The van der Waals surface area contributed by atoms with Crippen LogP contribution in [-0.2, 0) is 0 Å². The maximum Gasteiger partial charge on any atom is 0.165 e. The molecule has 1 unspecified atom stereocenters. The normalized spacial score (nSPS) is 12.4. The lowest BCUT2D eigenvalue weighted by Crippen LogP contribution is -2.21. The van der Waals surface area contributed by atoms with Crippen molar-refractivity contribution in [1.82, 2.24) is 5.32 Å². The Kier molecular flexibility index (Phi) is 4.96. The molecule has 5 heteroatoms. The first-order valence-corrected chi connectivity index (χ1v) is 7.63. The van der Waals surface area contributed by atoms with Crippen molar-refractivity contribution in [3.8, 4) is 5.75 Å². The second kappa shape index (κ2) is 6.50. The summed E-state index contributed by atoms with van der Waals surface area (Å²) in [7, 11) is 1.47. The van der Waals surface area contributed by atoms with Gasteiger partial charge < -0.3 is 10.1 Å². The van der Waals surface area contributed by atoms with Crippen LogP contribution in [0.5, 0.6) is 5.75 Å². The van der Waals surface area contributed by atoms with Crippen molar-refractivity contribution >= 4 is 27.3 Å². The van der Waals surface area contributed by atoms with Gasteiger partial charge in [-0.2, -0.15) is 0 Å². The van der Waals surface area contributed by atoms with Crippen molar-refractivity contribution in [2.24, 2.45) is 0 Å². The van der Waals surface area contributed by atoms with E-state index in [4.69, 9.17) is 4.74 Å². The summed E-state index contributed by atoms with van der Waals surface area (Å²) in [5.41, 5.74) is 0.898. The zero-order valence-electron chi connectivity index (χ0n) is 10.7. The van der Waals surface area contributed by atoms with Gasteiger partial charge in [0.1, 0.15) is 0 Å². The zero-order valence-corrected chi connectivity index (χ0v) is 13.1. The molecule has 0 amide bonds. The average Bonchev–Trinajstić information content (AvgIpc) is 2.82. The number of nitrogens with one attached hydrogen (secondary N) is 1. The van der Waals surface area contributed by atoms with Crippen LogP contribution in [0.25, 0.3) is 0 Å². The summed E-state index contributed by atoms with van der Waals surface area (Å²) >= 11 is 5.10. The van der Waals surface area contributed by atoms with Crippen LogP contribution in [0.15, 0.2) is 34.1 Å². The van der Waals surface area contributed by atoms with Crippen LogP contribution in [0.2, 0.25) is 0 Å². The molecular formula is C14H15BrFNOS. The highest BCUT2D eigenvalue weighted by atomic mass is 79.9. The smallest absolute Gasteiger partial charge is 0.165 e. The molecule has 0 aliphatic heterocycles. The van der Waals surface area contributed by atoms with Crippen LogP contribution >= 0.6 is 27.3 Å². The first-order valence-electron chi connectivity index (χ1n) is 5.96. The maximum absolute atomic E-state index is 13.8. The van der Waals surface area contributed by atoms with E-state index in [1.54, 1.807) is 17.4 Å². The standard InChI is InChI=1S/C14H15BrFNOS/c1-3-17-14(13-7-10(15)8-19-13)9-4-5-12(18-2)11(16)6-9/h4-8,14,17H,3H2,1-2H3. The molecule has 102 valence electrons. The highest BCUT2D eigenvalue weighted by Gasteiger charge is 2.16. The third-order valence-electron chi connectivity index (χ3n) is 2.79. The van der Waals surface area contributed by atoms with Gasteiger partial charge in [-0.15, -0.1) is 11.3 Å². The van der Waals surface area contributed by atoms with Gasteiger partial charge in [0.2, 0.25) is 0 Å². The third-order valence-corrected chi connectivity index (χ3v) is 4.55. The minimum Gasteiger partial charge on any atom is -0.494 e. The number of halogens is 2. The summed E-state index contributed by atoms with van der Waals surface area (Å²) in [6, 6.07) is 7.14. The summed E-state index contributed by atoms with van der Waals surface area (Å²) < 4.78 is 19.8. The Labute approximate surface area is 124 Å². The second-order valence-electron chi connectivity index (χ2n) is 4.05. The molecule has 1 aromatic heterocycles. The molecule has 0 fully saturated rings. The van der Waals surface area contributed by atoms with Gasteiger partial charge in [0.05, 0.1) is 13.2 Å². The molecule has 2 nitrogen and oxygen atoms in total. The van der Waals surface area contributed by atoms with Crippen molar-refractivity contribution in [2.45, 2.75) is 13.0 Å². The molecular weight excluding hydrogens is 329 g/mol. The minimum atomic E-state index is -0.335. The van der Waals surface area contributed by atoms with Crippen LogP contribution in [0.1, 0.15) is 23.4 Å². The number of hydrogen-bond donors (Lipinski definition) is 1. The highest BCUT2D eigenvalue weighted by molar-refractivity contribution is 9.10. The Morgan fingerprint density at radius 2 is 2.21 bits per heavy atom. The van der Waals surface area contributed by atoms with E-state index < -0.39 is 0 Å². The Morgan fingerprint density at radius 3 is 2.74 bits per heavy atom. The predicted molar refractivity (Wildman–Crippen MR) is 80.5 cm³/mol. The average molecular weight is 344 g/mol. The van der Waals surface area contributed by atoms with Gasteiger partial charge in [-0.3, -0.25) is 0 Å². The Balaban J connectivity index is 2.36. The molecule has 0 saturated carbocycles. The van der Waals surface area contributed by atoms with Gasteiger partial charge >= 0.3 is 0 Å². The van der Waals surface area contributed by atoms with Crippen molar-refractivity contribution in [1.29, 1.82) is 0 Å². The fourth-order valence-corrected chi connectivity index (χ4v) is 3.47. The summed E-state index contributed by atoms with van der Waals surface area (Å²) in [5.74, 6) is -0.0649. The maximum atomic E-state index is 13.8. The minimum absolute atomic E-state index is 0.00158. The van der Waals surface area contributed by atoms with Crippen LogP contribution in [-0.4, -0.2) is 13.7 Å². The molecule has 1 heterocycles. The van der Waals surface area contributed by atoms with E-state index in [-0.39, 0.29) is 17.6 Å². The van der Waals surface area contributed by atoms with Crippen LogP contribution in [0.3, 0.4) is 0 Å². The number of thiophene rings is 1. The fourth-order valence-electron chi connectivity index (χ4n) is 1.93. The molecule has 1 atom stereocenters. The summed E-state index contributed by atoms with van der Waals surface area (Å²) in [4.78, 5) is 1.15. The van der Waals surface area contributed by atoms with Crippen molar-refractivity contribution in [2.75, 3.05) is 13.7 Å².